The molecule has 4 heteroatoms. The minimum atomic E-state index is -0.583. The maximum Gasteiger partial charge on any atom is 0.129 e. The molecule has 1 aromatic carbocycles. The van der Waals surface area contributed by atoms with E-state index >= 15 is 0 Å². The zero-order chi connectivity index (χ0) is 9.84. The van der Waals surface area contributed by atoms with Crippen LogP contribution in [0.3, 0.4) is 0 Å². The van der Waals surface area contributed by atoms with Crippen molar-refractivity contribution in [2.45, 2.75) is 12.5 Å². The van der Waals surface area contributed by atoms with E-state index in [9.17, 15) is 8.78 Å². The fraction of sp³-hybridized carbons (Fsp3) is 0.333. The number of halogens is 3. The second-order valence-electron chi connectivity index (χ2n) is 2.72. The average Bonchev–Trinajstić information content (AvgIpc) is 2.04. The van der Waals surface area contributed by atoms with Gasteiger partial charge in [0.1, 0.15) is 5.82 Å². The SMILES string of the molecule is N[C@@H](CCF)c1c(F)cccc1Br. The van der Waals surface area contributed by atoms with E-state index in [-0.39, 0.29) is 6.42 Å². The van der Waals surface area contributed by atoms with Crippen LogP contribution in [0.1, 0.15) is 18.0 Å². The van der Waals surface area contributed by atoms with Gasteiger partial charge in [-0.1, -0.05) is 22.0 Å². The molecule has 0 radical (unpaired) electrons. The molecule has 0 aliphatic rings. The van der Waals surface area contributed by atoms with Crippen molar-refractivity contribution in [3.05, 3.63) is 34.1 Å². The summed E-state index contributed by atoms with van der Waals surface area (Å²) in [4.78, 5) is 0. The van der Waals surface area contributed by atoms with Gasteiger partial charge < -0.3 is 5.73 Å². The third kappa shape index (κ3) is 2.48. The predicted molar refractivity (Wildman–Crippen MR) is 51.6 cm³/mol. The Balaban J connectivity index is 2.98. The van der Waals surface area contributed by atoms with Gasteiger partial charge >= 0.3 is 0 Å². The molecule has 1 nitrogen and oxygen atoms in total. The summed E-state index contributed by atoms with van der Waals surface area (Å²) in [5.74, 6) is -0.393. The zero-order valence-electron chi connectivity index (χ0n) is 6.93. The summed E-state index contributed by atoms with van der Waals surface area (Å²) in [5.41, 5.74) is 5.94. The van der Waals surface area contributed by atoms with Gasteiger partial charge in [-0.2, -0.15) is 0 Å². The Bertz CT molecular complexity index is 271. The van der Waals surface area contributed by atoms with Crippen LogP contribution in [0.5, 0.6) is 0 Å². The Morgan fingerprint density at radius 3 is 2.69 bits per heavy atom. The maximum absolute atomic E-state index is 13.2. The van der Waals surface area contributed by atoms with Crippen molar-refractivity contribution in [3.63, 3.8) is 0 Å². The summed E-state index contributed by atoms with van der Waals surface area (Å²) >= 11 is 3.18. The lowest BCUT2D eigenvalue weighted by Gasteiger charge is -2.12. The van der Waals surface area contributed by atoms with E-state index in [1.54, 1.807) is 12.1 Å². The lowest BCUT2D eigenvalue weighted by atomic mass is 10.1. The number of hydrogen-bond acceptors (Lipinski definition) is 1. The molecule has 0 spiro atoms. The van der Waals surface area contributed by atoms with Crippen LogP contribution in [0.4, 0.5) is 8.78 Å². The monoisotopic (exact) mass is 249 g/mol. The molecule has 0 heterocycles. The second-order valence-corrected chi connectivity index (χ2v) is 3.57. The highest BCUT2D eigenvalue weighted by atomic mass is 79.9. The van der Waals surface area contributed by atoms with Crippen molar-refractivity contribution in [1.82, 2.24) is 0 Å². The smallest absolute Gasteiger partial charge is 0.129 e. The number of hydrogen-bond donors (Lipinski definition) is 1. The third-order valence-corrected chi connectivity index (χ3v) is 2.48. The standard InChI is InChI=1S/C9H10BrF2N/c10-6-2-1-3-7(12)9(6)8(13)4-5-11/h1-3,8H,4-5,13H2/t8-/m0/s1. The first kappa shape index (κ1) is 10.6. The largest absolute Gasteiger partial charge is 0.324 e. The topological polar surface area (TPSA) is 26.0 Å². The van der Waals surface area contributed by atoms with E-state index in [4.69, 9.17) is 5.73 Å². The van der Waals surface area contributed by atoms with Crippen LogP contribution in [0, 0.1) is 5.82 Å². The summed E-state index contributed by atoms with van der Waals surface area (Å²) in [6, 6.07) is 4.00. The first-order chi connectivity index (χ1) is 6.16. The predicted octanol–water partition coefficient (Wildman–Crippen LogP) is 2.95. The summed E-state index contributed by atoms with van der Waals surface area (Å²) in [6.07, 6.45) is 0.138. The molecule has 2 N–H and O–H groups in total. The molecule has 1 aromatic rings. The van der Waals surface area contributed by atoms with Crippen molar-refractivity contribution in [2.75, 3.05) is 6.67 Å². The van der Waals surface area contributed by atoms with E-state index in [2.05, 4.69) is 15.9 Å². The fourth-order valence-electron chi connectivity index (χ4n) is 1.13. The van der Waals surface area contributed by atoms with Crippen LogP contribution in [-0.2, 0) is 0 Å². The first-order valence-corrected chi connectivity index (χ1v) is 4.71. The fourth-order valence-corrected chi connectivity index (χ4v) is 1.76. The normalized spacial score (nSPS) is 12.9. The molecule has 13 heavy (non-hydrogen) atoms. The van der Waals surface area contributed by atoms with Crippen LogP contribution < -0.4 is 5.73 Å². The average molecular weight is 250 g/mol. The molecule has 0 aromatic heterocycles. The van der Waals surface area contributed by atoms with E-state index in [0.717, 1.165) is 0 Å². The van der Waals surface area contributed by atoms with Crippen molar-refractivity contribution in [2.24, 2.45) is 5.73 Å². The Morgan fingerprint density at radius 1 is 1.46 bits per heavy atom. The number of nitrogens with two attached hydrogens (primary N) is 1. The molecule has 1 rings (SSSR count). The van der Waals surface area contributed by atoms with Crippen molar-refractivity contribution in [1.29, 1.82) is 0 Å². The molecule has 1 atom stereocenters. The third-order valence-electron chi connectivity index (χ3n) is 1.79. The highest BCUT2D eigenvalue weighted by Gasteiger charge is 2.14. The van der Waals surface area contributed by atoms with Crippen LogP contribution >= 0.6 is 15.9 Å². The van der Waals surface area contributed by atoms with Crippen molar-refractivity contribution in [3.8, 4) is 0 Å². The van der Waals surface area contributed by atoms with E-state index in [0.29, 0.717) is 10.0 Å². The first-order valence-electron chi connectivity index (χ1n) is 3.92. The highest BCUT2D eigenvalue weighted by Crippen LogP contribution is 2.26. The zero-order valence-corrected chi connectivity index (χ0v) is 8.52. The molecule has 0 saturated heterocycles. The van der Waals surface area contributed by atoms with Crippen LogP contribution in [0.25, 0.3) is 0 Å². The molecule has 72 valence electrons. The molecule has 0 bridgehead atoms. The maximum atomic E-state index is 13.2. The van der Waals surface area contributed by atoms with Gasteiger partial charge in [0.25, 0.3) is 0 Å². The van der Waals surface area contributed by atoms with Gasteiger partial charge in [0.2, 0.25) is 0 Å². The summed E-state index contributed by atoms with van der Waals surface area (Å²) in [6.45, 7) is -0.540. The van der Waals surface area contributed by atoms with Gasteiger partial charge in [-0.15, -0.1) is 0 Å². The lowest BCUT2D eigenvalue weighted by molar-refractivity contribution is 0.434. The van der Waals surface area contributed by atoms with Crippen LogP contribution in [0.2, 0.25) is 0 Å². The van der Waals surface area contributed by atoms with Crippen molar-refractivity contribution >= 4 is 15.9 Å². The van der Waals surface area contributed by atoms with E-state index in [1.165, 1.54) is 6.07 Å². The molecular formula is C9H10BrF2N. The van der Waals surface area contributed by atoms with Gasteiger partial charge in [0.15, 0.2) is 0 Å². The number of alkyl halides is 1. The second kappa shape index (κ2) is 4.67. The number of rotatable bonds is 3. The van der Waals surface area contributed by atoms with Gasteiger partial charge in [-0.3, -0.25) is 4.39 Å². The Hall–Kier alpha value is -0.480. The minimum Gasteiger partial charge on any atom is -0.324 e. The molecule has 0 unspecified atom stereocenters. The van der Waals surface area contributed by atoms with E-state index in [1.807, 2.05) is 0 Å². The minimum absolute atomic E-state index is 0.138. The molecule has 0 saturated carbocycles. The van der Waals surface area contributed by atoms with Gasteiger partial charge in [0.05, 0.1) is 6.67 Å². The van der Waals surface area contributed by atoms with Gasteiger partial charge in [0, 0.05) is 16.1 Å². The number of benzene rings is 1. The Kier molecular flexibility index (Phi) is 3.81. The summed E-state index contributed by atoms with van der Waals surface area (Å²) in [7, 11) is 0. The van der Waals surface area contributed by atoms with Gasteiger partial charge in [-0.05, 0) is 18.6 Å². The quantitative estimate of drug-likeness (QED) is 0.876. The van der Waals surface area contributed by atoms with Gasteiger partial charge in [-0.25, -0.2) is 4.39 Å². The highest BCUT2D eigenvalue weighted by molar-refractivity contribution is 9.10. The molecule has 0 amide bonds. The van der Waals surface area contributed by atoms with E-state index < -0.39 is 18.5 Å². The van der Waals surface area contributed by atoms with Crippen LogP contribution in [-0.4, -0.2) is 6.67 Å². The van der Waals surface area contributed by atoms with Crippen LogP contribution in [0.15, 0.2) is 22.7 Å². The van der Waals surface area contributed by atoms with Crippen molar-refractivity contribution < 1.29 is 8.78 Å². The molecule has 0 fully saturated rings. The Morgan fingerprint density at radius 2 is 2.15 bits per heavy atom. The molecule has 0 aliphatic heterocycles. The molecule has 0 aliphatic carbocycles. The summed E-state index contributed by atoms with van der Waals surface area (Å²) in [5, 5.41) is 0. The lowest BCUT2D eigenvalue weighted by Crippen LogP contribution is -2.13. The Labute approximate surface area is 84.1 Å². The molecular weight excluding hydrogens is 240 g/mol. The summed E-state index contributed by atoms with van der Waals surface area (Å²) < 4.78 is 25.8.